The number of ketones is 2. The number of pyridine rings is 1. The average Bonchev–Trinajstić information content (AvgIpc) is 2.03. The normalized spacial score (nSPS) is 9.69. The average molecular weight is 179 g/mol. The number of hydrogen-bond donors (Lipinski definition) is 1. The zero-order chi connectivity index (χ0) is 10.0. The number of hydrogen-bond acceptors (Lipinski definition) is 3. The first-order chi connectivity index (χ1) is 6.04. The smallest absolute Gasteiger partial charge is 0.203 e. The van der Waals surface area contributed by atoms with Crippen molar-refractivity contribution in [3.8, 4) is 0 Å². The van der Waals surface area contributed by atoms with Crippen molar-refractivity contribution in [3.05, 3.63) is 33.7 Å². The number of carbonyl (C=O) groups is 2. The Morgan fingerprint density at radius 3 is 1.77 bits per heavy atom. The fourth-order valence-corrected chi connectivity index (χ4v) is 1.01. The Kier molecular flexibility index (Phi) is 2.41. The minimum atomic E-state index is -0.501. The standard InChI is InChI=1S/C9H9NO3/c1-5(11)7-3-10-4-8(6(2)12)9(7)13/h3-4H,1-2H3,(H,10,13). The number of carbonyl (C=O) groups excluding carboxylic acids is 2. The summed E-state index contributed by atoms with van der Waals surface area (Å²) in [6.45, 7) is 2.57. The van der Waals surface area contributed by atoms with Gasteiger partial charge in [0.25, 0.3) is 0 Å². The summed E-state index contributed by atoms with van der Waals surface area (Å²) < 4.78 is 0. The Morgan fingerprint density at radius 2 is 1.46 bits per heavy atom. The monoisotopic (exact) mass is 179 g/mol. The molecule has 1 aromatic heterocycles. The second-order valence-corrected chi connectivity index (χ2v) is 2.72. The van der Waals surface area contributed by atoms with Crippen molar-refractivity contribution >= 4 is 11.6 Å². The van der Waals surface area contributed by atoms with Crippen molar-refractivity contribution in [2.75, 3.05) is 0 Å². The van der Waals surface area contributed by atoms with Gasteiger partial charge in [-0.1, -0.05) is 0 Å². The van der Waals surface area contributed by atoms with Crippen molar-refractivity contribution in [1.29, 1.82) is 0 Å². The van der Waals surface area contributed by atoms with Gasteiger partial charge >= 0.3 is 0 Å². The van der Waals surface area contributed by atoms with Gasteiger partial charge in [-0.25, -0.2) is 0 Å². The van der Waals surface area contributed by atoms with Gasteiger partial charge in [0.05, 0.1) is 11.1 Å². The Labute approximate surface area is 74.6 Å². The van der Waals surface area contributed by atoms with Crippen LogP contribution >= 0.6 is 0 Å². The Morgan fingerprint density at radius 1 is 1.08 bits per heavy atom. The van der Waals surface area contributed by atoms with Gasteiger partial charge in [-0.15, -0.1) is 0 Å². The van der Waals surface area contributed by atoms with Crippen LogP contribution in [0.3, 0.4) is 0 Å². The molecule has 1 heterocycles. The fraction of sp³-hybridized carbons (Fsp3) is 0.222. The van der Waals surface area contributed by atoms with E-state index in [1.807, 2.05) is 0 Å². The third-order valence-corrected chi connectivity index (χ3v) is 1.70. The minimum absolute atomic E-state index is 0.0210. The van der Waals surface area contributed by atoms with E-state index in [1.54, 1.807) is 0 Å². The van der Waals surface area contributed by atoms with Gasteiger partial charge in [-0.3, -0.25) is 14.4 Å². The second kappa shape index (κ2) is 3.35. The van der Waals surface area contributed by atoms with E-state index in [0.717, 1.165) is 0 Å². The molecule has 0 aliphatic heterocycles. The molecular weight excluding hydrogens is 170 g/mol. The molecule has 0 bridgehead atoms. The van der Waals surface area contributed by atoms with Crippen LogP contribution in [0.1, 0.15) is 34.6 Å². The van der Waals surface area contributed by atoms with Gasteiger partial charge in [0.1, 0.15) is 0 Å². The predicted octanol–water partition coefficient (Wildman–Crippen LogP) is 0.780. The molecule has 0 saturated heterocycles. The van der Waals surface area contributed by atoms with Crippen LogP contribution in [0.4, 0.5) is 0 Å². The van der Waals surface area contributed by atoms with E-state index >= 15 is 0 Å². The first kappa shape index (κ1) is 9.38. The van der Waals surface area contributed by atoms with Crippen molar-refractivity contribution in [2.45, 2.75) is 13.8 Å². The summed E-state index contributed by atoms with van der Waals surface area (Å²) in [7, 11) is 0. The van der Waals surface area contributed by atoms with Crippen LogP contribution < -0.4 is 5.43 Å². The number of rotatable bonds is 2. The first-order valence-corrected chi connectivity index (χ1v) is 3.77. The highest BCUT2D eigenvalue weighted by atomic mass is 16.1. The number of H-pyrrole nitrogens is 1. The van der Waals surface area contributed by atoms with Crippen LogP contribution in [0.5, 0.6) is 0 Å². The summed E-state index contributed by atoms with van der Waals surface area (Å²) in [5, 5.41) is 0. The lowest BCUT2D eigenvalue weighted by Crippen LogP contribution is -2.20. The second-order valence-electron chi connectivity index (χ2n) is 2.72. The maximum atomic E-state index is 11.4. The lowest BCUT2D eigenvalue weighted by molar-refractivity contribution is 0.101. The molecule has 0 aliphatic rings. The van der Waals surface area contributed by atoms with Crippen LogP contribution in [0, 0.1) is 0 Å². The van der Waals surface area contributed by atoms with E-state index in [2.05, 4.69) is 4.98 Å². The van der Waals surface area contributed by atoms with Crippen LogP contribution in [0.25, 0.3) is 0 Å². The van der Waals surface area contributed by atoms with E-state index in [9.17, 15) is 14.4 Å². The van der Waals surface area contributed by atoms with Gasteiger partial charge in [0.15, 0.2) is 11.6 Å². The molecule has 0 aromatic carbocycles. The zero-order valence-corrected chi connectivity index (χ0v) is 7.38. The maximum Gasteiger partial charge on any atom is 0.203 e. The lowest BCUT2D eigenvalue weighted by Gasteiger charge is -1.97. The maximum absolute atomic E-state index is 11.4. The molecule has 0 saturated carbocycles. The van der Waals surface area contributed by atoms with Gasteiger partial charge in [0.2, 0.25) is 5.43 Å². The molecule has 1 rings (SSSR count). The quantitative estimate of drug-likeness (QED) is 0.682. The number of Topliss-reactive ketones (excluding diaryl/α,β-unsaturated/α-hetero) is 2. The summed E-state index contributed by atoms with van der Waals surface area (Å²) in [5.41, 5.74) is -0.459. The molecule has 0 amide bonds. The lowest BCUT2D eigenvalue weighted by atomic mass is 10.1. The third-order valence-electron chi connectivity index (χ3n) is 1.70. The largest absolute Gasteiger partial charge is 0.366 e. The van der Waals surface area contributed by atoms with Crippen LogP contribution in [-0.4, -0.2) is 16.6 Å². The molecule has 0 radical (unpaired) electrons. The molecular formula is C9H9NO3. The van der Waals surface area contributed by atoms with Gasteiger partial charge in [0, 0.05) is 12.4 Å². The van der Waals surface area contributed by atoms with E-state index in [1.165, 1.54) is 26.2 Å². The van der Waals surface area contributed by atoms with Crippen molar-refractivity contribution in [1.82, 2.24) is 4.98 Å². The molecule has 68 valence electrons. The molecule has 1 N–H and O–H groups in total. The molecule has 0 fully saturated rings. The topological polar surface area (TPSA) is 67.0 Å². The van der Waals surface area contributed by atoms with Crippen molar-refractivity contribution in [3.63, 3.8) is 0 Å². The SMILES string of the molecule is CC(=O)c1c[nH]cc(C(C)=O)c1=O. The van der Waals surface area contributed by atoms with E-state index in [-0.39, 0.29) is 22.7 Å². The zero-order valence-electron chi connectivity index (χ0n) is 7.38. The van der Waals surface area contributed by atoms with Gasteiger partial charge < -0.3 is 4.98 Å². The number of aromatic nitrogens is 1. The highest BCUT2D eigenvalue weighted by molar-refractivity contribution is 5.98. The van der Waals surface area contributed by atoms with Crippen LogP contribution in [-0.2, 0) is 0 Å². The highest BCUT2D eigenvalue weighted by Gasteiger charge is 2.11. The third kappa shape index (κ3) is 1.72. The van der Waals surface area contributed by atoms with Crippen molar-refractivity contribution in [2.24, 2.45) is 0 Å². The molecule has 4 heteroatoms. The Hall–Kier alpha value is -1.71. The predicted molar refractivity (Wildman–Crippen MR) is 47.1 cm³/mol. The molecule has 0 aliphatic carbocycles. The summed E-state index contributed by atoms with van der Waals surface area (Å²) in [6.07, 6.45) is 2.61. The number of aromatic amines is 1. The molecule has 0 unspecified atom stereocenters. The van der Waals surface area contributed by atoms with Crippen molar-refractivity contribution < 1.29 is 9.59 Å². The molecule has 0 atom stereocenters. The molecule has 4 nitrogen and oxygen atoms in total. The van der Waals surface area contributed by atoms with E-state index < -0.39 is 5.43 Å². The molecule has 1 aromatic rings. The number of nitrogens with one attached hydrogen (secondary N) is 1. The summed E-state index contributed by atoms with van der Waals surface area (Å²) in [5.74, 6) is -0.686. The Bertz CT molecular complexity index is 382. The van der Waals surface area contributed by atoms with Gasteiger partial charge in [-0.2, -0.15) is 0 Å². The van der Waals surface area contributed by atoms with E-state index in [4.69, 9.17) is 0 Å². The van der Waals surface area contributed by atoms with Gasteiger partial charge in [-0.05, 0) is 13.8 Å². The molecule has 13 heavy (non-hydrogen) atoms. The highest BCUT2D eigenvalue weighted by Crippen LogP contribution is 1.95. The summed E-state index contributed by atoms with van der Waals surface area (Å²) in [4.78, 5) is 35.8. The van der Waals surface area contributed by atoms with E-state index in [0.29, 0.717) is 0 Å². The van der Waals surface area contributed by atoms with Crippen LogP contribution in [0.15, 0.2) is 17.2 Å². The summed E-state index contributed by atoms with van der Waals surface area (Å²) >= 11 is 0. The summed E-state index contributed by atoms with van der Waals surface area (Å²) in [6, 6.07) is 0. The first-order valence-electron chi connectivity index (χ1n) is 3.77. The van der Waals surface area contributed by atoms with Crippen LogP contribution in [0.2, 0.25) is 0 Å². The molecule has 0 spiro atoms. The Balaban J connectivity index is 3.44. The minimum Gasteiger partial charge on any atom is -0.366 e. The fourth-order valence-electron chi connectivity index (χ4n) is 1.01.